The van der Waals surface area contributed by atoms with Gasteiger partial charge in [-0.25, -0.2) is 0 Å². The summed E-state index contributed by atoms with van der Waals surface area (Å²) in [5.74, 6) is -65.6. The summed E-state index contributed by atoms with van der Waals surface area (Å²) in [7, 11) is -2.69. The van der Waals surface area contributed by atoms with Crippen molar-refractivity contribution in [3.05, 3.63) is 72.8 Å². The molecule has 0 aliphatic heterocycles. The molecule has 31 heteroatoms. The molecule has 3 aromatic carbocycles. The van der Waals surface area contributed by atoms with Crippen LogP contribution < -0.4 is 15.9 Å². The van der Waals surface area contributed by atoms with E-state index in [-0.39, 0.29) is 65.9 Å². The summed E-state index contributed by atoms with van der Waals surface area (Å²) in [6.45, 7) is 0. The van der Waals surface area contributed by atoms with E-state index >= 15 is 0 Å². The number of alkyl halides is 27. The van der Waals surface area contributed by atoms with E-state index in [0.29, 0.717) is 0 Å². The molecule has 0 heterocycles. The molecular formula is C36H24F27PS3. The first-order valence-corrected chi connectivity index (χ1v) is 21.8. The van der Waals surface area contributed by atoms with Crippen molar-refractivity contribution in [1.82, 2.24) is 0 Å². The Hall–Kier alpha value is -2.75. The monoisotopic (exact) mass is 1100 g/mol. The van der Waals surface area contributed by atoms with Gasteiger partial charge in [-0.1, -0.05) is 54.6 Å². The van der Waals surface area contributed by atoms with Crippen LogP contribution in [-0.2, 0) is 0 Å². The molecule has 0 atom stereocenters. The Morgan fingerprint density at radius 1 is 0.284 bits per heavy atom. The van der Waals surface area contributed by atoms with E-state index in [1.165, 1.54) is 0 Å². The molecule has 0 amide bonds. The number of halogens is 27. The quantitative estimate of drug-likeness (QED) is 0.0593. The number of benzene rings is 3. The highest BCUT2D eigenvalue weighted by Crippen LogP contribution is 2.57. The van der Waals surface area contributed by atoms with E-state index in [0.717, 1.165) is 72.8 Å². The molecule has 0 aliphatic carbocycles. The highest BCUT2D eigenvalue weighted by molar-refractivity contribution is 8.01. The van der Waals surface area contributed by atoms with Gasteiger partial charge in [-0.3, -0.25) is 0 Å². The predicted molar refractivity (Wildman–Crippen MR) is 194 cm³/mol. The van der Waals surface area contributed by atoms with Crippen molar-refractivity contribution < 1.29 is 119 Å². The summed E-state index contributed by atoms with van der Waals surface area (Å²) in [4.78, 5) is -1.09. The third-order valence-electron chi connectivity index (χ3n) is 8.97. The van der Waals surface area contributed by atoms with Crippen molar-refractivity contribution in [3.8, 4) is 0 Å². The molecule has 0 saturated carbocycles. The minimum atomic E-state index is -7.28. The fraction of sp³-hybridized carbons (Fsp3) is 0.500. The van der Waals surface area contributed by atoms with Gasteiger partial charge in [0.2, 0.25) is 0 Å². The molecule has 0 bridgehead atoms. The Morgan fingerprint density at radius 3 is 0.672 bits per heavy atom. The van der Waals surface area contributed by atoms with Crippen LogP contribution in [0.3, 0.4) is 0 Å². The van der Waals surface area contributed by atoms with Gasteiger partial charge in [-0.2, -0.15) is 119 Å². The molecule has 0 aromatic heterocycles. The summed E-state index contributed by atoms with van der Waals surface area (Å²) < 4.78 is 367. The molecule has 0 N–H and O–H groups in total. The molecule has 3 rings (SSSR count). The Balaban J connectivity index is 2.16. The predicted octanol–water partition coefficient (Wildman–Crippen LogP) is 15.3. The van der Waals surface area contributed by atoms with E-state index < -0.39 is 116 Å². The summed E-state index contributed by atoms with van der Waals surface area (Å²) in [5.41, 5.74) is 0. The minimum absolute atomic E-state index is 0.0661. The SMILES string of the molecule is FC(F)(F)C(F)(F)C(F)(F)C(F)(F)CCSc1ccccc1P(c1ccccc1SCCC(F)(F)C(F)(F)C(F)(F)C(F)(F)F)c1ccccc1SCCC(F)(F)C(F)(F)C(F)(F)C(F)(F)F. The number of rotatable bonds is 21. The zero-order valence-corrected chi connectivity index (χ0v) is 35.4. The maximum Gasteiger partial charge on any atom is 0.460 e. The highest BCUT2D eigenvalue weighted by Gasteiger charge is 2.83. The lowest BCUT2D eigenvalue weighted by molar-refractivity contribution is -0.396. The molecule has 0 saturated heterocycles. The standard InChI is InChI=1S/C36H24F27PS3/c37-25(38,28(43,44)31(49,50)34(55,56)57)13-16-65-22-10-4-1-7-19(22)64(20-8-2-5-11-23(20)66-17-14-26(39,40)29(45,46)32(51,52)35(58,59)60)21-9-3-6-12-24(21)67-18-15-27(41,42)30(47,48)33(53,54)36(61,62)63/h1-12H,13-18H2. The van der Waals surface area contributed by atoms with Crippen LogP contribution in [0.2, 0.25) is 0 Å². The molecule has 380 valence electrons. The summed E-state index contributed by atoms with van der Waals surface area (Å²) in [6.07, 6.45) is -28.8. The molecule has 0 unspecified atom stereocenters. The largest absolute Gasteiger partial charge is 0.460 e. The Bertz CT molecular complexity index is 1890. The van der Waals surface area contributed by atoms with Gasteiger partial charge in [0, 0.05) is 51.2 Å². The van der Waals surface area contributed by atoms with E-state index in [9.17, 15) is 119 Å². The fourth-order valence-corrected chi connectivity index (χ4v) is 11.9. The maximum atomic E-state index is 14.5. The second kappa shape index (κ2) is 19.8. The van der Waals surface area contributed by atoms with Gasteiger partial charge in [-0.05, 0) is 42.0 Å². The second-order valence-corrected chi connectivity index (χ2v) is 19.1. The van der Waals surface area contributed by atoms with Crippen LogP contribution >= 0.6 is 43.2 Å². The van der Waals surface area contributed by atoms with Gasteiger partial charge in [0.25, 0.3) is 0 Å². The average molecular weight is 1100 g/mol. The van der Waals surface area contributed by atoms with Gasteiger partial charge < -0.3 is 0 Å². The van der Waals surface area contributed by atoms with Crippen molar-refractivity contribution in [1.29, 1.82) is 0 Å². The maximum absolute atomic E-state index is 14.5. The smallest absolute Gasteiger partial charge is 0.200 e. The molecule has 0 spiro atoms. The third kappa shape index (κ3) is 11.4. The molecule has 0 aliphatic rings. The van der Waals surface area contributed by atoms with E-state index in [2.05, 4.69) is 0 Å². The third-order valence-corrected chi connectivity index (χ3v) is 15.3. The lowest BCUT2D eigenvalue weighted by Gasteiger charge is -2.34. The van der Waals surface area contributed by atoms with Gasteiger partial charge in [0.05, 0.1) is 0 Å². The first kappa shape index (κ1) is 58.6. The molecule has 67 heavy (non-hydrogen) atoms. The Morgan fingerprint density at radius 2 is 0.478 bits per heavy atom. The van der Waals surface area contributed by atoms with Crippen LogP contribution in [-0.4, -0.2) is 89.1 Å². The van der Waals surface area contributed by atoms with E-state index in [1.54, 1.807) is 0 Å². The van der Waals surface area contributed by atoms with Gasteiger partial charge in [-0.15, -0.1) is 35.3 Å². The number of hydrogen-bond acceptors (Lipinski definition) is 3. The summed E-state index contributed by atoms with van der Waals surface area (Å²) in [6, 6.07) is 12.8. The summed E-state index contributed by atoms with van der Waals surface area (Å²) in [5, 5.41) is -0.743. The van der Waals surface area contributed by atoms with Crippen LogP contribution in [0.5, 0.6) is 0 Å². The zero-order valence-electron chi connectivity index (χ0n) is 32.0. The first-order chi connectivity index (χ1) is 30.0. The van der Waals surface area contributed by atoms with Gasteiger partial charge in [0.1, 0.15) is 0 Å². The normalized spacial score (nSPS) is 14.9. The average Bonchev–Trinajstić information content (AvgIpc) is 3.17. The first-order valence-electron chi connectivity index (χ1n) is 17.5. The van der Waals surface area contributed by atoms with Crippen molar-refractivity contribution in [3.63, 3.8) is 0 Å². The lowest BCUT2D eigenvalue weighted by Crippen LogP contribution is -2.60. The lowest BCUT2D eigenvalue weighted by atomic mass is 10.0. The minimum Gasteiger partial charge on any atom is -0.200 e. The van der Waals surface area contributed by atoms with Crippen molar-refractivity contribution in [2.75, 3.05) is 17.3 Å². The van der Waals surface area contributed by atoms with Crippen molar-refractivity contribution in [2.24, 2.45) is 0 Å². The molecular weight excluding hydrogens is 1070 g/mol. The van der Waals surface area contributed by atoms with E-state index in [4.69, 9.17) is 0 Å². The van der Waals surface area contributed by atoms with Crippen LogP contribution in [0.25, 0.3) is 0 Å². The van der Waals surface area contributed by atoms with Crippen molar-refractivity contribution in [2.45, 2.75) is 106 Å². The molecule has 0 nitrogen and oxygen atoms in total. The molecule has 3 aromatic rings. The summed E-state index contributed by atoms with van der Waals surface area (Å²) >= 11 is 0.198. The Labute approximate surface area is 372 Å². The van der Waals surface area contributed by atoms with Gasteiger partial charge in [0.15, 0.2) is 0 Å². The number of hydrogen-bond donors (Lipinski definition) is 0. The van der Waals surface area contributed by atoms with Crippen LogP contribution in [0.4, 0.5) is 119 Å². The van der Waals surface area contributed by atoms with Crippen LogP contribution in [0.1, 0.15) is 19.3 Å². The fourth-order valence-electron chi connectivity index (χ4n) is 5.24. The van der Waals surface area contributed by atoms with Gasteiger partial charge >= 0.3 is 71.8 Å². The van der Waals surface area contributed by atoms with Crippen LogP contribution in [0, 0.1) is 0 Å². The molecule has 0 radical (unpaired) electrons. The van der Waals surface area contributed by atoms with E-state index in [1.807, 2.05) is 0 Å². The molecule has 0 fully saturated rings. The zero-order chi connectivity index (χ0) is 51.9. The van der Waals surface area contributed by atoms with Crippen molar-refractivity contribution >= 4 is 59.1 Å². The highest BCUT2D eigenvalue weighted by atomic mass is 32.2. The Kier molecular flexibility index (Phi) is 17.3. The second-order valence-electron chi connectivity index (χ2n) is 13.6. The number of thioether (sulfide) groups is 3. The topological polar surface area (TPSA) is 0 Å². The van der Waals surface area contributed by atoms with Crippen LogP contribution in [0.15, 0.2) is 87.5 Å².